The van der Waals surface area contributed by atoms with Gasteiger partial charge in [0.25, 0.3) is 0 Å². The zero-order valence-corrected chi connectivity index (χ0v) is 12.6. The number of nitrogens with zero attached hydrogens (tertiary/aromatic N) is 3. The molecule has 116 valence electrons. The van der Waals surface area contributed by atoms with Gasteiger partial charge >= 0.3 is 0 Å². The van der Waals surface area contributed by atoms with Crippen molar-refractivity contribution < 1.29 is 4.74 Å². The summed E-state index contributed by atoms with van der Waals surface area (Å²) in [6.45, 7) is 6.15. The molecule has 3 heterocycles. The van der Waals surface area contributed by atoms with Crippen LogP contribution in [0.25, 0.3) is 0 Å². The number of anilines is 2. The van der Waals surface area contributed by atoms with Crippen molar-refractivity contribution >= 4 is 11.8 Å². The maximum absolute atomic E-state index is 5.82. The highest BCUT2D eigenvalue weighted by Crippen LogP contribution is 2.25. The van der Waals surface area contributed by atoms with Gasteiger partial charge in [0.2, 0.25) is 5.95 Å². The minimum atomic E-state index is 0.349. The van der Waals surface area contributed by atoms with E-state index in [4.69, 9.17) is 10.5 Å². The Labute approximate surface area is 126 Å². The van der Waals surface area contributed by atoms with Gasteiger partial charge in [-0.1, -0.05) is 0 Å². The zero-order chi connectivity index (χ0) is 14.5. The summed E-state index contributed by atoms with van der Waals surface area (Å²) in [5, 5.41) is 3.37. The van der Waals surface area contributed by atoms with Gasteiger partial charge in [-0.3, -0.25) is 0 Å². The Kier molecular flexibility index (Phi) is 4.87. The number of likely N-dealkylation sites (tertiary alicyclic amines) is 1. The lowest BCUT2D eigenvalue weighted by atomic mass is 10.0. The van der Waals surface area contributed by atoms with Gasteiger partial charge in [0.05, 0.1) is 12.3 Å². The first kappa shape index (κ1) is 14.5. The molecule has 21 heavy (non-hydrogen) atoms. The largest absolute Gasteiger partial charge is 0.381 e. The Morgan fingerprint density at radius 2 is 2.19 bits per heavy atom. The van der Waals surface area contributed by atoms with E-state index in [1.54, 1.807) is 0 Å². The molecule has 2 fully saturated rings. The van der Waals surface area contributed by atoms with Crippen LogP contribution in [0.1, 0.15) is 37.3 Å². The van der Waals surface area contributed by atoms with Gasteiger partial charge in [0.15, 0.2) is 0 Å². The summed E-state index contributed by atoms with van der Waals surface area (Å²) in [6.07, 6.45) is 4.85. The Balaban J connectivity index is 1.49. The number of hydrogen-bond donors (Lipinski definition) is 2. The van der Waals surface area contributed by atoms with Crippen molar-refractivity contribution in [2.45, 2.75) is 31.6 Å². The highest BCUT2D eigenvalue weighted by Gasteiger charge is 2.20. The van der Waals surface area contributed by atoms with E-state index >= 15 is 0 Å². The molecule has 0 spiro atoms. The molecule has 3 rings (SSSR count). The van der Waals surface area contributed by atoms with E-state index in [0.717, 1.165) is 50.7 Å². The van der Waals surface area contributed by atoms with E-state index in [-0.39, 0.29) is 0 Å². The monoisotopic (exact) mass is 291 g/mol. The van der Waals surface area contributed by atoms with Crippen LogP contribution in [0, 0.1) is 0 Å². The lowest BCUT2D eigenvalue weighted by Crippen LogP contribution is -2.22. The third-order valence-corrected chi connectivity index (χ3v) is 4.27. The average Bonchev–Trinajstić information content (AvgIpc) is 3.16. The molecule has 3 N–H and O–H groups in total. The molecule has 6 nitrogen and oxygen atoms in total. The van der Waals surface area contributed by atoms with Gasteiger partial charge in [-0.15, -0.1) is 0 Å². The predicted octanol–water partition coefficient (Wildman–Crippen LogP) is 1.46. The SMILES string of the molecule is Nc1nc(NCCCN2CCCC2)cc([C@H]2CCOC2)n1. The molecule has 6 heteroatoms. The van der Waals surface area contributed by atoms with Gasteiger partial charge in [-0.25, -0.2) is 4.98 Å². The normalized spacial score (nSPS) is 22.8. The average molecular weight is 291 g/mol. The first-order valence-corrected chi connectivity index (χ1v) is 8.00. The van der Waals surface area contributed by atoms with Crippen LogP contribution in [0.2, 0.25) is 0 Å². The molecule has 1 aromatic heterocycles. The molecule has 1 atom stereocenters. The molecule has 0 saturated carbocycles. The van der Waals surface area contributed by atoms with Crippen molar-refractivity contribution in [1.82, 2.24) is 14.9 Å². The molecule has 2 saturated heterocycles. The molecular formula is C15H25N5O. The van der Waals surface area contributed by atoms with Crippen LogP contribution >= 0.6 is 0 Å². The van der Waals surface area contributed by atoms with Crippen LogP contribution in [-0.4, -0.2) is 54.3 Å². The first-order chi connectivity index (χ1) is 10.3. The van der Waals surface area contributed by atoms with Crippen LogP contribution in [0.5, 0.6) is 0 Å². The maximum Gasteiger partial charge on any atom is 0.222 e. The Morgan fingerprint density at radius 1 is 1.33 bits per heavy atom. The van der Waals surface area contributed by atoms with Crippen molar-refractivity contribution in [3.05, 3.63) is 11.8 Å². The molecule has 0 radical (unpaired) electrons. The Bertz CT molecular complexity index is 455. The predicted molar refractivity (Wildman–Crippen MR) is 83.4 cm³/mol. The third-order valence-electron chi connectivity index (χ3n) is 4.27. The summed E-state index contributed by atoms with van der Waals surface area (Å²) >= 11 is 0. The van der Waals surface area contributed by atoms with E-state index in [0.29, 0.717) is 11.9 Å². The smallest absolute Gasteiger partial charge is 0.222 e. The maximum atomic E-state index is 5.82. The fraction of sp³-hybridized carbons (Fsp3) is 0.733. The number of nitrogens with one attached hydrogen (secondary N) is 1. The third kappa shape index (κ3) is 4.04. The summed E-state index contributed by atoms with van der Waals surface area (Å²) in [6, 6.07) is 2.02. The molecule has 1 aromatic rings. The van der Waals surface area contributed by atoms with Crippen LogP contribution in [0.15, 0.2) is 6.07 Å². The number of aromatic nitrogens is 2. The van der Waals surface area contributed by atoms with Crippen LogP contribution in [0.4, 0.5) is 11.8 Å². The highest BCUT2D eigenvalue weighted by atomic mass is 16.5. The van der Waals surface area contributed by atoms with Crippen molar-refractivity contribution in [3.8, 4) is 0 Å². The Hall–Kier alpha value is -1.40. The van der Waals surface area contributed by atoms with E-state index in [2.05, 4.69) is 20.2 Å². The van der Waals surface area contributed by atoms with Crippen molar-refractivity contribution in [3.63, 3.8) is 0 Å². The number of hydrogen-bond acceptors (Lipinski definition) is 6. The van der Waals surface area contributed by atoms with E-state index in [9.17, 15) is 0 Å². The topological polar surface area (TPSA) is 76.3 Å². The fourth-order valence-electron chi connectivity index (χ4n) is 3.08. The van der Waals surface area contributed by atoms with Gasteiger partial charge in [0, 0.05) is 25.1 Å². The van der Waals surface area contributed by atoms with E-state index in [1.165, 1.54) is 25.9 Å². The molecule has 0 aliphatic carbocycles. The fourth-order valence-corrected chi connectivity index (χ4v) is 3.08. The number of nitrogen functional groups attached to an aromatic ring is 1. The summed E-state index contributed by atoms with van der Waals surface area (Å²) in [7, 11) is 0. The van der Waals surface area contributed by atoms with Gasteiger partial charge in [-0.2, -0.15) is 4.98 Å². The second kappa shape index (κ2) is 7.04. The standard InChI is InChI=1S/C15H25N5O/c16-15-18-13(12-4-9-21-11-12)10-14(19-15)17-5-3-8-20-6-1-2-7-20/h10,12H,1-9,11H2,(H3,16,17,18,19)/t12-/m0/s1. The molecule has 2 aliphatic rings. The molecule has 0 aromatic carbocycles. The van der Waals surface area contributed by atoms with Gasteiger partial charge in [-0.05, 0) is 45.3 Å². The minimum Gasteiger partial charge on any atom is -0.381 e. The number of ether oxygens (including phenoxy) is 1. The lowest BCUT2D eigenvalue weighted by Gasteiger charge is -2.15. The van der Waals surface area contributed by atoms with E-state index in [1.807, 2.05) is 6.07 Å². The van der Waals surface area contributed by atoms with Crippen LogP contribution < -0.4 is 11.1 Å². The minimum absolute atomic E-state index is 0.349. The number of rotatable bonds is 6. The second-order valence-electron chi connectivity index (χ2n) is 5.93. The number of nitrogens with two attached hydrogens (primary N) is 1. The summed E-state index contributed by atoms with van der Waals surface area (Å²) in [5.74, 6) is 1.55. The van der Waals surface area contributed by atoms with E-state index < -0.39 is 0 Å². The summed E-state index contributed by atoms with van der Waals surface area (Å²) < 4.78 is 5.42. The van der Waals surface area contributed by atoms with Gasteiger partial charge < -0.3 is 20.7 Å². The van der Waals surface area contributed by atoms with Crippen molar-refractivity contribution in [1.29, 1.82) is 0 Å². The molecule has 0 bridgehead atoms. The zero-order valence-electron chi connectivity index (χ0n) is 12.6. The van der Waals surface area contributed by atoms with Crippen LogP contribution in [-0.2, 0) is 4.74 Å². The quantitative estimate of drug-likeness (QED) is 0.773. The Morgan fingerprint density at radius 3 is 2.95 bits per heavy atom. The summed E-state index contributed by atoms with van der Waals surface area (Å²) in [4.78, 5) is 11.1. The van der Waals surface area contributed by atoms with Crippen molar-refractivity contribution in [2.24, 2.45) is 0 Å². The molecule has 2 aliphatic heterocycles. The lowest BCUT2D eigenvalue weighted by molar-refractivity contribution is 0.193. The van der Waals surface area contributed by atoms with Crippen molar-refractivity contribution in [2.75, 3.05) is 50.4 Å². The van der Waals surface area contributed by atoms with Gasteiger partial charge in [0.1, 0.15) is 5.82 Å². The molecule has 0 unspecified atom stereocenters. The highest BCUT2D eigenvalue weighted by molar-refractivity contribution is 5.41. The molecule has 0 amide bonds. The van der Waals surface area contributed by atoms with Crippen LogP contribution in [0.3, 0.4) is 0 Å². The molecular weight excluding hydrogens is 266 g/mol. The summed E-state index contributed by atoms with van der Waals surface area (Å²) in [5.41, 5.74) is 6.82. The first-order valence-electron chi connectivity index (χ1n) is 8.00. The second-order valence-corrected chi connectivity index (χ2v) is 5.93.